The molecule has 0 unspecified atom stereocenters. The molecule has 0 aliphatic heterocycles. The maximum absolute atomic E-state index is 8.17. The molecular formula is C3H11F2NaO3. The van der Waals surface area contributed by atoms with Gasteiger partial charge in [0.05, 0.1) is 13.2 Å². The van der Waals surface area contributed by atoms with E-state index in [1.165, 1.54) is 0 Å². The van der Waals surface area contributed by atoms with Gasteiger partial charge in [-0.15, -0.1) is 0 Å². The number of aliphatic hydroxyl groups excluding tert-OH is 3. The molecule has 3 N–H and O–H groups in total. The SMILES string of the molecule is F.F.OCC(O)CO.[H-].[Na+]. The van der Waals surface area contributed by atoms with Gasteiger partial charge in [0, 0.05) is 0 Å². The fourth-order valence-electron chi connectivity index (χ4n) is 0.0577. The van der Waals surface area contributed by atoms with Gasteiger partial charge in [-0.2, -0.15) is 0 Å². The molecule has 3 nitrogen and oxygen atoms in total. The average molecular weight is 156 g/mol. The molecule has 0 fully saturated rings. The molecule has 0 rings (SSSR count). The summed E-state index contributed by atoms with van der Waals surface area (Å²) < 4.78 is 0. The average Bonchev–Trinajstić information content (AvgIpc) is 1.65. The maximum atomic E-state index is 8.17. The van der Waals surface area contributed by atoms with Crippen LogP contribution >= 0.6 is 0 Å². The van der Waals surface area contributed by atoms with Crippen molar-refractivity contribution < 1.29 is 55.7 Å². The van der Waals surface area contributed by atoms with Gasteiger partial charge in [0.1, 0.15) is 6.10 Å². The summed E-state index contributed by atoms with van der Waals surface area (Å²) in [5.74, 6) is 0. The van der Waals surface area contributed by atoms with Crippen LogP contribution in [0.3, 0.4) is 0 Å². The van der Waals surface area contributed by atoms with Crippen molar-refractivity contribution in [3.05, 3.63) is 0 Å². The van der Waals surface area contributed by atoms with Crippen molar-refractivity contribution in [2.45, 2.75) is 6.10 Å². The van der Waals surface area contributed by atoms with E-state index in [1.807, 2.05) is 0 Å². The Labute approximate surface area is 75.2 Å². The minimum atomic E-state index is -0.954. The van der Waals surface area contributed by atoms with E-state index in [1.54, 1.807) is 0 Å². The van der Waals surface area contributed by atoms with Gasteiger partial charge < -0.3 is 16.7 Å². The third-order valence-corrected chi connectivity index (χ3v) is 0.421. The van der Waals surface area contributed by atoms with Crippen LogP contribution in [-0.4, -0.2) is 34.6 Å². The molecular weight excluding hydrogens is 145 g/mol. The molecule has 0 aromatic carbocycles. The molecule has 0 radical (unpaired) electrons. The van der Waals surface area contributed by atoms with Gasteiger partial charge in [-0.3, -0.25) is 9.41 Å². The Morgan fingerprint density at radius 3 is 1.33 bits per heavy atom. The van der Waals surface area contributed by atoms with Crippen LogP contribution in [-0.2, 0) is 0 Å². The van der Waals surface area contributed by atoms with Gasteiger partial charge in [-0.25, -0.2) is 0 Å². The van der Waals surface area contributed by atoms with Crippen molar-refractivity contribution in [2.24, 2.45) is 0 Å². The van der Waals surface area contributed by atoms with E-state index in [-0.39, 0.29) is 53.6 Å². The Morgan fingerprint density at radius 2 is 1.33 bits per heavy atom. The Balaban J connectivity index is -0.0000000208. The van der Waals surface area contributed by atoms with E-state index in [4.69, 9.17) is 15.3 Å². The minimum Gasteiger partial charge on any atom is -1.00 e. The van der Waals surface area contributed by atoms with Crippen LogP contribution in [0.15, 0.2) is 0 Å². The van der Waals surface area contributed by atoms with Gasteiger partial charge in [0.15, 0.2) is 0 Å². The Kier molecular flexibility index (Phi) is 39.9. The molecule has 0 amide bonds. The van der Waals surface area contributed by atoms with E-state index in [9.17, 15) is 0 Å². The van der Waals surface area contributed by atoms with Gasteiger partial charge >= 0.3 is 29.6 Å². The predicted molar refractivity (Wildman–Crippen MR) is 26.3 cm³/mol. The van der Waals surface area contributed by atoms with Crippen LogP contribution < -0.4 is 29.6 Å². The third kappa shape index (κ3) is 17.7. The second kappa shape index (κ2) is 15.9. The van der Waals surface area contributed by atoms with Crippen LogP contribution in [0.2, 0.25) is 0 Å². The van der Waals surface area contributed by atoms with Gasteiger partial charge in [-0.05, 0) is 0 Å². The van der Waals surface area contributed by atoms with Crippen LogP contribution in [0.25, 0.3) is 0 Å². The van der Waals surface area contributed by atoms with Crippen LogP contribution in [0.4, 0.5) is 9.41 Å². The molecule has 0 aliphatic carbocycles. The maximum Gasteiger partial charge on any atom is 1.00 e. The van der Waals surface area contributed by atoms with Crippen molar-refractivity contribution in [1.29, 1.82) is 0 Å². The molecule has 0 atom stereocenters. The molecule has 0 aromatic rings. The quantitative estimate of drug-likeness (QED) is 0.355. The van der Waals surface area contributed by atoms with E-state index in [2.05, 4.69) is 0 Å². The largest absolute Gasteiger partial charge is 1.00 e. The second-order valence-corrected chi connectivity index (χ2v) is 1.02. The van der Waals surface area contributed by atoms with Crippen molar-refractivity contribution in [3.63, 3.8) is 0 Å². The zero-order valence-electron chi connectivity index (χ0n) is 6.15. The van der Waals surface area contributed by atoms with Crippen molar-refractivity contribution >= 4 is 0 Å². The van der Waals surface area contributed by atoms with E-state index >= 15 is 0 Å². The standard InChI is InChI=1S/C3H8O3.2FH.Na.H/c4-1-3(6)2-5;;;;/h3-6H,1-2H2;2*1H;;/q;;;+1;-1. The number of hydrogen-bond donors (Lipinski definition) is 3. The third-order valence-electron chi connectivity index (χ3n) is 0.421. The molecule has 0 spiro atoms. The summed E-state index contributed by atoms with van der Waals surface area (Å²) in [5, 5.41) is 24.0. The first-order valence-corrected chi connectivity index (χ1v) is 1.71. The zero-order chi connectivity index (χ0) is 4.99. The van der Waals surface area contributed by atoms with E-state index in [0.29, 0.717) is 0 Å². The Hall–Kier alpha value is 0.740. The molecule has 0 bridgehead atoms. The topological polar surface area (TPSA) is 60.7 Å². The first-order chi connectivity index (χ1) is 2.81. The van der Waals surface area contributed by atoms with Gasteiger partial charge in [0.2, 0.25) is 0 Å². The molecule has 9 heavy (non-hydrogen) atoms. The summed E-state index contributed by atoms with van der Waals surface area (Å²) in [6.07, 6.45) is -0.954. The first-order valence-electron chi connectivity index (χ1n) is 1.71. The van der Waals surface area contributed by atoms with Crippen LogP contribution in [0.5, 0.6) is 0 Å². The van der Waals surface area contributed by atoms with Crippen molar-refractivity contribution in [3.8, 4) is 0 Å². The van der Waals surface area contributed by atoms with Crippen LogP contribution in [0, 0.1) is 0 Å². The van der Waals surface area contributed by atoms with E-state index < -0.39 is 6.10 Å². The van der Waals surface area contributed by atoms with E-state index in [0.717, 1.165) is 0 Å². The molecule has 0 saturated carbocycles. The zero-order valence-corrected chi connectivity index (χ0v) is 7.15. The number of rotatable bonds is 2. The number of aliphatic hydroxyl groups is 3. The molecule has 56 valence electrons. The summed E-state index contributed by atoms with van der Waals surface area (Å²) in [5.41, 5.74) is 0. The molecule has 0 aromatic heterocycles. The summed E-state index contributed by atoms with van der Waals surface area (Å²) in [7, 11) is 0. The summed E-state index contributed by atoms with van der Waals surface area (Å²) in [6.45, 7) is -0.729. The summed E-state index contributed by atoms with van der Waals surface area (Å²) in [4.78, 5) is 0. The second-order valence-electron chi connectivity index (χ2n) is 1.02. The first kappa shape index (κ1) is 22.6. The summed E-state index contributed by atoms with van der Waals surface area (Å²) in [6, 6.07) is 0. The summed E-state index contributed by atoms with van der Waals surface area (Å²) >= 11 is 0. The fraction of sp³-hybridized carbons (Fsp3) is 1.00. The molecule has 6 heteroatoms. The van der Waals surface area contributed by atoms with Crippen molar-refractivity contribution in [1.82, 2.24) is 0 Å². The number of hydrogen-bond acceptors (Lipinski definition) is 3. The van der Waals surface area contributed by atoms with Crippen LogP contribution in [0.1, 0.15) is 1.43 Å². The van der Waals surface area contributed by atoms with Gasteiger partial charge in [-0.1, -0.05) is 0 Å². The monoisotopic (exact) mass is 156 g/mol. The van der Waals surface area contributed by atoms with Gasteiger partial charge in [0.25, 0.3) is 0 Å². The number of halogens is 2. The molecule has 0 saturated heterocycles. The minimum absolute atomic E-state index is 0. The molecule has 0 heterocycles. The molecule has 0 aliphatic rings. The smallest absolute Gasteiger partial charge is 1.00 e. The Bertz CT molecular complexity index is 40.9. The predicted octanol–water partition coefficient (Wildman–Crippen LogP) is -4.25. The fourth-order valence-corrected chi connectivity index (χ4v) is 0.0577. The van der Waals surface area contributed by atoms with Crippen molar-refractivity contribution in [2.75, 3.05) is 13.2 Å². The normalized spacial score (nSPS) is 6.67. The Morgan fingerprint density at radius 1 is 1.11 bits per heavy atom.